The lowest BCUT2D eigenvalue weighted by atomic mass is 9.88. The van der Waals surface area contributed by atoms with Gasteiger partial charge in [-0.1, -0.05) is 6.92 Å². The molecule has 0 amide bonds. The van der Waals surface area contributed by atoms with E-state index in [0.29, 0.717) is 6.42 Å². The molecule has 0 atom stereocenters. The molecule has 0 heterocycles. The lowest BCUT2D eigenvalue weighted by molar-refractivity contribution is 0.00304. The molecule has 0 saturated heterocycles. The summed E-state index contributed by atoms with van der Waals surface area (Å²) in [6.45, 7) is 1.35. The van der Waals surface area contributed by atoms with Crippen LogP contribution < -0.4 is 0 Å². The van der Waals surface area contributed by atoms with Gasteiger partial charge in [-0.3, -0.25) is 0 Å². The van der Waals surface area contributed by atoms with Crippen LogP contribution in [0.4, 0.5) is 0 Å². The van der Waals surface area contributed by atoms with Crippen molar-refractivity contribution in [1.29, 1.82) is 0 Å². The first-order chi connectivity index (χ1) is 4.24. The molecule has 0 bridgehead atoms. The molecular weight excluding hydrogens is 226 g/mol. The third kappa shape index (κ3) is 6.29. The SMILES string of the molecule is CCC(CO)(CO)CO.Cl.Cl.Cl. The van der Waals surface area contributed by atoms with Crippen LogP contribution >= 0.6 is 37.2 Å². The van der Waals surface area contributed by atoms with Gasteiger partial charge in [-0.05, 0) is 6.42 Å². The van der Waals surface area contributed by atoms with Gasteiger partial charge in [0.15, 0.2) is 0 Å². The highest BCUT2D eigenvalue weighted by Crippen LogP contribution is 2.18. The van der Waals surface area contributed by atoms with Gasteiger partial charge >= 0.3 is 0 Å². The Kier molecular flexibility index (Phi) is 22.5. The van der Waals surface area contributed by atoms with Crippen molar-refractivity contribution in [2.24, 2.45) is 5.41 Å². The fourth-order valence-electron chi connectivity index (χ4n) is 0.485. The minimum Gasteiger partial charge on any atom is -0.396 e. The fourth-order valence-corrected chi connectivity index (χ4v) is 0.485. The van der Waals surface area contributed by atoms with Gasteiger partial charge in [0.1, 0.15) is 0 Å². The summed E-state index contributed by atoms with van der Waals surface area (Å²) in [5.41, 5.74) is -0.667. The summed E-state index contributed by atoms with van der Waals surface area (Å²) in [6.07, 6.45) is 0.594. The van der Waals surface area contributed by atoms with Crippen LogP contribution in [0.3, 0.4) is 0 Å². The average Bonchev–Trinajstić information content (AvgIpc) is 1.95. The molecule has 6 heteroatoms. The van der Waals surface area contributed by atoms with Gasteiger partial charge in [-0.2, -0.15) is 0 Å². The maximum absolute atomic E-state index is 8.66. The Bertz CT molecular complexity index is 60.9. The van der Waals surface area contributed by atoms with Crippen molar-refractivity contribution < 1.29 is 15.3 Å². The highest BCUT2D eigenvalue weighted by Gasteiger charge is 2.24. The van der Waals surface area contributed by atoms with Gasteiger partial charge in [0.2, 0.25) is 0 Å². The Labute approximate surface area is 91.4 Å². The topological polar surface area (TPSA) is 60.7 Å². The van der Waals surface area contributed by atoms with Crippen LogP contribution in [0.25, 0.3) is 0 Å². The highest BCUT2D eigenvalue weighted by atomic mass is 35.5. The Morgan fingerprint density at radius 3 is 1.08 bits per heavy atom. The molecule has 0 aliphatic rings. The minimum absolute atomic E-state index is 0. The molecule has 0 fully saturated rings. The van der Waals surface area contributed by atoms with Crippen molar-refractivity contribution in [3.63, 3.8) is 0 Å². The lowest BCUT2D eigenvalue weighted by Crippen LogP contribution is -2.32. The monoisotopic (exact) mass is 242 g/mol. The zero-order valence-electron chi connectivity index (χ0n) is 6.89. The van der Waals surface area contributed by atoms with Crippen molar-refractivity contribution in [2.45, 2.75) is 13.3 Å². The van der Waals surface area contributed by atoms with Crippen LogP contribution in [-0.4, -0.2) is 35.1 Å². The highest BCUT2D eigenvalue weighted by molar-refractivity contribution is 5.86. The maximum atomic E-state index is 8.66. The maximum Gasteiger partial charge on any atom is 0.0531 e. The van der Waals surface area contributed by atoms with Gasteiger partial charge in [0, 0.05) is 5.41 Å². The number of aliphatic hydroxyl groups excluding tert-OH is 3. The molecule has 80 valence electrons. The van der Waals surface area contributed by atoms with Gasteiger partial charge < -0.3 is 15.3 Å². The van der Waals surface area contributed by atoms with E-state index in [-0.39, 0.29) is 57.0 Å². The average molecular weight is 244 g/mol. The van der Waals surface area contributed by atoms with E-state index in [4.69, 9.17) is 15.3 Å². The molecule has 0 aromatic heterocycles. The second-order valence-corrected chi connectivity index (χ2v) is 2.33. The summed E-state index contributed by atoms with van der Waals surface area (Å²) in [6, 6.07) is 0. The lowest BCUT2D eigenvalue weighted by Gasteiger charge is -2.24. The normalized spacial score (nSPS) is 9.00. The molecule has 0 radical (unpaired) electrons. The second kappa shape index (κ2) is 11.8. The fraction of sp³-hybridized carbons (Fsp3) is 1.00. The first kappa shape index (κ1) is 23.0. The van der Waals surface area contributed by atoms with Gasteiger partial charge in [0.25, 0.3) is 0 Å². The van der Waals surface area contributed by atoms with E-state index in [9.17, 15) is 0 Å². The number of hydrogen-bond acceptors (Lipinski definition) is 3. The van der Waals surface area contributed by atoms with Crippen LogP contribution in [0.1, 0.15) is 13.3 Å². The molecule has 0 aliphatic heterocycles. The molecule has 0 saturated carbocycles. The molecule has 0 spiro atoms. The number of hydrogen-bond donors (Lipinski definition) is 3. The second-order valence-electron chi connectivity index (χ2n) is 2.33. The number of aliphatic hydroxyl groups is 3. The summed E-state index contributed by atoms with van der Waals surface area (Å²) < 4.78 is 0. The first-order valence-corrected chi connectivity index (χ1v) is 3.07. The van der Waals surface area contributed by atoms with E-state index < -0.39 is 5.41 Å². The summed E-state index contributed by atoms with van der Waals surface area (Å²) in [4.78, 5) is 0. The number of halogens is 3. The first-order valence-electron chi connectivity index (χ1n) is 3.07. The predicted molar refractivity (Wildman–Crippen MR) is 55.7 cm³/mol. The van der Waals surface area contributed by atoms with Crippen LogP contribution in [0.5, 0.6) is 0 Å². The molecule has 3 N–H and O–H groups in total. The molecule has 12 heavy (non-hydrogen) atoms. The quantitative estimate of drug-likeness (QED) is 0.679. The molecule has 0 aliphatic carbocycles. The van der Waals surface area contributed by atoms with Crippen molar-refractivity contribution in [3.8, 4) is 0 Å². The summed E-state index contributed by atoms with van der Waals surface area (Å²) in [7, 11) is 0. The Morgan fingerprint density at radius 2 is 1.08 bits per heavy atom. The van der Waals surface area contributed by atoms with Gasteiger partial charge in [0.05, 0.1) is 19.8 Å². The molecule has 0 aromatic rings. The standard InChI is InChI=1S/C6H14O3.3ClH/c1-2-6(3-7,4-8)5-9;;;/h7-9H,2-5H2,1H3;3*1H. The van der Waals surface area contributed by atoms with E-state index >= 15 is 0 Å². The van der Waals surface area contributed by atoms with Crippen molar-refractivity contribution in [2.75, 3.05) is 19.8 Å². The predicted octanol–water partition coefficient (Wildman–Crippen LogP) is 0.625. The zero-order chi connectivity index (χ0) is 7.33. The van der Waals surface area contributed by atoms with Crippen LogP contribution in [0, 0.1) is 5.41 Å². The Morgan fingerprint density at radius 1 is 0.833 bits per heavy atom. The van der Waals surface area contributed by atoms with Crippen LogP contribution in [0.2, 0.25) is 0 Å². The van der Waals surface area contributed by atoms with Crippen molar-refractivity contribution in [1.82, 2.24) is 0 Å². The van der Waals surface area contributed by atoms with E-state index in [1.165, 1.54) is 0 Å². The van der Waals surface area contributed by atoms with Gasteiger partial charge in [-0.15, -0.1) is 37.2 Å². The molecule has 0 aromatic carbocycles. The third-order valence-corrected chi connectivity index (χ3v) is 1.76. The van der Waals surface area contributed by atoms with E-state index in [1.54, 1.807) is 0 Å². The van der Waals surface area contributed by atoms with Crippen molar-refractivity contribution >= 4 is 37.2 Å². The van der Waals surface area contributed by atoms with E-state index in [0.717, 1.165) is 0 Å². The van der Waals surface area contributed by atoms with Crippen molar-refractivity contribution in [3.05, 3.63) is 0 Å². The third-order valence-electron chi connectivity index (χ3n) is 1.76. The summed E-state index contributed by atoms with van der Waals surface area (Å²) in [5, 5.41) is 26.0. The molecular formula is C6H17Cl3O3. The van der Waals surface area contributed by atoms with Gasteiger partial charge in [-0.25, -0.2) is 0 Å². The Balaban J connectivity index is -0.000000107. The van der Waals surface area contributed by atoms with Crippen LogP contribution in [0.15, 0.2) is 0 Å². The Hall–Kier alpha value is 0.750. The minimum atomic E-state index is -0.667. The number of rotatable bonds is 4. The van der Waals surface area contributed by atoms with E-state index in [2.05, 4.69) is 0 Å². The molecule has 0 rings (SSSR count). The largest absolute Gasteiger partial charge is 0.396 e. The molecule has 0 unspecified atom stereocenters. The summed E-state index contributed by atoms with van der Waals surface area (Å²) in [5.74, 6) is 0. The zero-order valence-corrected chi connectivity index (χ0v) is 9.34. The van der Waals surface area contributed by atoms with E-state index in [1.807, 2.05) is 6.92 Å². The van der Waals surface area contributed by atoms with Crippen LogP contribution in [-0.2, 0) is 0 Å². The smallest absolute Gasteiger partial charge is 0.0531 e. The molecule has 3 nitrogen and oxygen atoms in total. The summed E-state index contributed by atoms with van der Waals surface area (Å²) >= 11 is 0.